The van der Waals surface area contributed by atoms with Gasteiger partial charge in [0.2, 0.25) is 0 Å². The first-order valence-corrected chi connectivity index (χ1v) is 9.00. The van der Waals surface area contributed by atoms with Crippen LogP contribution in [0.1, 0.15) is 20.7 Å². The van der Waals surface area contributed by atoms with Gasteiger partial charge < -0.3 is 19.6 Å². The Kier molecular flexibility index (Phi) is 5.25. The van der Waals surface area contributed by atoms with Crippen LogP contribution in [0.2, 0.25) is 0 Å². The standard InChI is InChI=1S/C23H16N2O5/c26-21-8-7-15(16-4-3-10-24-13-16)12-19(21)22(27)25-20-6-2-1-5-18(20)23(28)30-17-9-11-29-14-17/h1-14,26H,(H,25,27). The van der Waals surface area contributed by atoms with E-state index in [1.54, 1.807) is 48.8 Å². The molecule has 0 aliphatic carbocycles. The van der Waals surface area contributed by atoms with Gasteiger partial charge in [-0.1, -0.05) is 24.3 Å². The first-order valence-electron chi connectivity index (χ1n) is 9.00. The average molecular weight is 400 g/mol. The van der Waals surface area contributed by atoms with Gasteiger partial charge in [-0.25, -0.2) is 4.79 Å². The Morgan fingerprint density at radius 2 is 1.83 bits per heavy atom. The van der Waals surface area contributed by atoms with Gasteiger partial charge in [0.15, 0.2) is 5.75 Å². The number of carbonyl (C=O) groups is 2. The number of ether oxygens (including phenoxy) is 1. The van der Waals surface area contributed by atoms with E-state index < -0.39 is 11.9 Å². The minimum absolute atomic E-state index is 0.0642. The first-order chi connectivity index (χ1) is 14.6. The molecule has 0 atom stereocenters. The third-order valence-corrected chi connectivity index (χ3v) is 4.34. The maximum absolute atomic E-state index is 12.9. The molecule has 7 nitrogen and oxygen atoms in total. The quantitative estimate of drug-likeness (QED) is 0.478. The van der Waals surface area contributed by atoms with E-state index in [9.17, 15) is 14.7 Å². The lowest BCUT2D eigenvalue weighted by atomic mass is 10.0. The molecule has 0 aliphatic heterocycles. The van der Waals surface area contributed by atoms with Crippen molar-refractivity contribution < 1.29 is 23.8 Å². The second-order valence-corrected chi connectivity index (χ2v) is 6.32. The van der Waals surface area contributed by atoms with E-state index in [1.165, 1.54) is 30.7 Å². The fourth-order valence-corrected chi connectivity index (χ4v) is 2.86. The lowest BCUT2D eigenvalue weighted by molar-refractivity contribution is 0.0734. The summed E-state index contributed by atoms with van der Waals surface area (Å²) < 4.78 is 10.1. The number of para-hydroxylation sites is 1. The monoisotopic (exact) mass is 400 g/mol. The lowest BCUT2D eigenvalue weighted by Gasteiger charge is -2.12. The number of furan rings is 1. The van der Waals surface area contributed by atoms with Crippen molar-refractivity contribution in [1.29, 1.82) is 0 Å². The van der Waals surface area contributed by atoms with Crippen LogP contribution in [-0.4, -0.2) is 22.0 Å². The number of aromatic hydroxyl groups is 1. The van der Waals surface area contributed by atoms with Gasteiger partial charge in [0.25, 0.3) is 5.91 Å². The number of pyridine rings is 1. The third-order valence-electron chi connectivity index (χ3n) is 4.34. The van der Waals surface area contributed by atoms with Crippen LogP contribution in [0.4, 0.5) is 5.69 Å². The molecule has 2 aromatic carbocycles. The Bertz CT molecular complexity index is 1190. The first kappa shape index (κ1) is 18.9. The molecule has 0 radical (unpaired) electrons. The van der Waals surface area contributed by atoms with Gasteiger partial charge in [-0.2, -0.15) is 0 Å². The minimum Gasteiger partial charge on any atom is -0.507 e. The van der Waals surface area contributed by atoms with Crippen LogP contribution in [0.3, 0.4) is 0 Å². The highest BCUT2D eigenvalue weighted by Gasteiger charge is 2.18. The summed E-state index contributed by atoms with van der Waals surface area (Å²) in [7, 11) is 0. The third kappa shape index (κ3) is 4.05. The maximum Gasteiger partial charge on any atom is 0.345 e. The summed E-state index contributed by atoms with van der Waals surface area (Å²) in [4.78, 5) is 29.4. The number of nitrogens with zero attached hydrogens (tertiary/aromatic N) is 1. The summed E-state index contributed by atoms with van der Waals surface area (Å²) in [6, 6.07) is 16.3. The van der Waals surface area contributed by atoms with E-state index in [2.05, 4.69) is 10.3 Å². The number of anilines is 1. The molecule has 0 saturated carbocycles. The van der Waals surface area contributed by atoms with E-state index >= 15 is 0 Å². The van der Waals surface area contributed by atoms with E-state index in [-0.39, 0.29) is 28.3 Å². The molecule has 1 amide bonds. The maximum atomic E-state index is 12.9. The Hall–Kier alpha value is -4.39. The number of esters is 1. The summed E-state index contributed by atoms with van der Waals surface area (Å²) >= 11 is 0. The van der Waals surface area contributed by atoms with E-state index in [0.717, 1.165) is 11.1 Å². The van der Waals surface area contributed by atoms with Crippen LogP contribution in [0, 0.1) is 0 Å². The lowest BCUT2D eigenvalue weighted by Crippen LogP contribution is -2.17. The van der Waals surface area contributed by atoms with Crippen molar-refractivity contribution in [2.75, 3.05) is 5.32 Å². The molecule has 148 valence electrons. The molecule has 2 aromatic heterocycles. The van der Waals surface area contributed by atoms with Crippen LogP contribution >= 0.6 is 0 Å². The average Bonchev–Trinajstić information content (AvgIpc) is 3.28. The highest BCUT2D eigenvalue weighted by Crippen LogP contribution is 2.27. The van der Waals surface area contributed by atoms with Gasteiger partial charge in [0, 0.05) is 24.0 Å². The highest BCUT2D eigenvalue weighted by molar-refractivity contribution is 6.10. The van der Waals surface area contributed by atoms with Crippen LogP contribution in [-0.2, 0) is 0 Å². The number of hydrogen-bond donors (Lipinski definition) is 2. The van der Waals surface area contributed by atoms with Crippen LogP contribution in [0.15, 0.2) is 90.0 Å². The smallest absolute Gasteiger partial charge is 0.345 e. The molecule has 4 rings (SSSR count). The molecule has 0 bridgehead atoms. The molecule has 4 aromatic rings. The fraction of sp³-hybridized carbons (Fsp3) is 0. The Morgan fingerprint density at radius 1 is 0.967 bits per heavy atom. The molecule has 0 spiro atoms. The summed E-state index contributed by atoms with van der Waals surface area (Å²) in [5.74, 6) is -1.15. The van der Waals surface area contributed by atoms with Crippen molar-refractivity contribution in [3.05, 3.63) is 96.7 Å². The minimum atomic E-state index is -0.652. The number of phenols is 1. The Morgan fingerprint density at radius 3 is 2.60 bits per heavy atom. The van der Waals surface area contributed by atoms with Crippen LogP contribution in [0.25, 0.3) is 11.1 Å². The number of amides is 1. The van der Waals surface area contributed by atoms with Crippen molar-refractivity contribution in [2.45, 2.75) is 0 Å². The van der Waals surface area contributed by atoms with Gasteiger partial charge in [0.1, 0.15) is 12.0 Å². The largest absolute Gasteiger partial charge is 0.507 e. The summed E-state index contributed by atoms with van der Waals surface area (Å²) in [6.07, 6.45) is 5.99. The molecular formula is C23H16N2O5. The van der Waals surface area contributed by atoms with Crippen molar-refractivity contribution in [3.8, 4) is 22.6 Å². The predicted molar refractivity (Wildman–Crippen MR) is 109 cm³/mol. The van der Waals surface area contributed by atoms with Gasteiger partial charge in [-0.15, -0.1) is 0 Å². The number of nitrogens with one attached hydrogen (secondary N) is 1. The topological polar surface area (TPSA) is 102 Å². The Labute approximate surface area is 171 Å². The van der Waals surface area contributed by atoms with Gasteiger partial charge in [0.05, 0.1) is 23.1 Å². The number of carbonyl (C=O) groups excluding carboxylic acids is 2. The highest BCUT2D eigenvalue weighted by atomic mass is 16.5. The normalized spacial score (nSPS) is 10.4. The summed E-state index contributed by atoms with van der Waals surface area (Å²) in [6.45, 7) is 0. The van der Waals surface area contributed by atoms with Crippen molar-refractivity contribution >= 4 is 17.6 Å². The predicted octanol–water partition coefficient (Wildman–Crippen LogP) is 4.52. The van der Waals surface area contributed by atoms with E-state index in [4.69, 9.17) is 9.15 Å². The van der Waals surface area contributed by atoms with E-state index in [0.29, 0.717) is 0 Å². The SMILES string of the molecule is O=C(Nc1ccccc1C(=O)Oc1ccoc1)c1cc(-c2cccnc2)ccc1O. The zero-order valence-corrected chi connectivity index (χ0v) is 15.6. The van der Waals surface area contributed by atoms with Crippen molar-refractivity contribution in [2.24, 2.45) is 0 Å². The van der Waals surface area contributed by atoms with Crippen LogP contribution in [0.5, 0.6) is 11.5 Å². The number of benzene rings is 2. The molecular weight excluding hydrogens is 384 g/mol. The van der Waals surface area contributed by atoms with Crippen molar-refractivity contribution in [3.63, 3.8) is 0 Å². The van der Waals surface area contributed by atoms with Gasteiger partial charge in [-0.05, 0) is 35.9 Å². The van der Waals surface area contributed by atoms with Crippen molar-refractivity contribution in [1.82, 2.24) is 4.98 Å². The summed E-state index contributed by atoms with van der Waals surface area (Å²) in [5, 5.41) is 12.9. The molecule has 2 N–H and O–H groups in total. The fourth-order valence-electron chi connectivity index (χ4n) is 2.86. The van der Waals surface area contributed by atoms with Gasteiger partial charge >= 0.3 is 5.97 Å². The molecule has 0 saturated heterocycles. The zero-order valence-electron chi connectivity index (χ0n) is 15.6. The second kappa shape index (κ2) is 8.32. The zero-order chi connectivity index (χ0) is 20.9. The second-order valence-electron chi connectivity index (χ2n) is 6.32. The Balaban J connectivity index is 1.60. The molecule has 0 fully saturated rings. The molecule has 0 aliphatic rings. The number of phenolic OH excluding ortho intramolecular Hbond substituents is 1. The van der Waals surface area contributed by atoms with E-state index in [1.807, 2.05) is 6.07 Å². The molecule has 2 heterocycles. The van der Waals surface area contributed by atoms with Crippen LogP contribution < -0.4 is 10.1 Å². The number of hydrogen-bond acceptors (Lipinski definition) is 6. The number of rotatable bonds is 5. The van der Waals surface area contributed by atoms with Gasteiger partial charge in [-0.3, -0.25) is 9.78 Å². The molecule has 30 heavy (non-hydrogen) atoms. The number of aromatic nitrogens is 1. The molecule has 0 unspecified atom stereocenters. The summed E-state index contributed by atoms with van der Waals surface area (Å²) in [5.41, 5.74) is 2.00. The molecule has 7 heteroatoms.